The Morgan fingerprint density at radius 1 is 1.00 bits per heavy atom. The molecule has 0 fully saturated rings. The quantitative estimate of drug-likeness (QED) is 0.613. The smallest absolute Gasteiger partial charge is 0.235 e. The van der Waals surface area contributed by atoms with Crippen LogP contribution in [0.1, 0.15) is 31.0 Å². The SMILES string of the molecule is C/C(CC(=O)n1c2ccccc2c2ccccc21)=C1/C=CCC1. The molecule has 0 aliphatic heterocycles. The lowest BCUT2D eigenvalue weighted by Gasteiger charge is -2.08. The molecule has 0 bridgehead atoms. The van der Waals surface area contributed by atoms with Crippen molar-refractivity contribution in [3.05, 3.63) is 71.8 Å². The predicted octanol–water partition coefficient (Wildman–Crippen LogP) is 5.49. The molecule has 0 N–H and O–H groups in total. The minimum absolute atomic E-state index is 0.146. The molecule has 2 nitrogen and oxygen atoms in total. The zero-order chi connectivity index (χ0) is 15.8. The fraction of sp³-hybridized carbons (Fsp3) is 0.190. The van der Waals surface area contributed by atoms with E-state index in [4.69, 9.17) is 0 Å². The van der Waals surface area contributed by atoms with Gasteiger partial charge in [0.25, 0.3) is 0 Å². The molecule has 3 aromatic rings. The van der Waals surface area contributed by atoms with E-state index in [1.807, 2.05) is 41.0 Å². The van der Waals surface area contributed by atoms with Gasteiger partial charge in [-0.25, -0.2) is 0 Å². The summed E-state index contributed by atoms with van der Waals surface area (Å²) in [4.78, 5) is 13.0. The molecule has 0 radical (unpaired) electrons. The molecular weight excluding hydrogens is 282 g/mol. The molecule has 1 aromatic heterocycles. The van der Waals surface area contributed by atoms with Gasteiger partial charge in [-0.05, 0) is 37.5 Å². The molecule has 0 amide bonds. The summed E-state index contributed by atoms with van der Waals surface area (Å²) in [5.41, 5.74) is 4.50. The molecule has 0 spiro atoms. The third-order valence-electron chi connectivity index (χ3n) is 4.69. The average molecular weight is 301 g/mol. The number of allylic oxidation sites excluding steroid dienone is 4. The lowest BCUT2D eigenvalue weighted by molar-refractivity contribution is 0.0924. The fourth-order valence-electron chi connectivity index (χ4n) is 3.51. The summed E-state index contributed by atoms with van der Waals surface area (Å²) in [6, 6.07) is 16.3. The van der Waals surface area contributed by atoms with Crippen molar-refractivity contribution in [2.45, 2.75) is 26.2 Å². The highest BCUT2D eigenvalue weighted by Crippen LogP contribution is 2.30. The van der Waals surface area contributed by atoms with Crippen LogP contribution >= 0.6 is 0 Å². The van der Waals surface area contributed by atoms with E-state index in [0.29, 0.717) is 6.42 Å². The number of fused-ring (bicyclic) bond motifs is 3. The summed E-state index contributed by atoms with van der Waals surface area (Å²) < 4.78 is 1.88. The molecular formula is C21H19NO. The zero-order valence-electron chi connectivity index (χ0n) is 13.3. The molecule has 114 valence electrons. The summed E-state index contributed by atoms with van der Waals surface area (Å²) >= 11 is 0. The van der Waals surface area contributed by atoms with Crippen LogP contribution in [0.3, 0.4) is 0 Å². The highest BCUT2D eigenvalue weighted by Gasteiger charge is 2.16. The van der Waals surface area contributed by atoms with Gasteiger partial charge in [-0.2, -0.15) is 0 Å². The van der Waals surface area contributed by atoms with Gasteiger partial charge in [-0.3, -0.25) is 9.36 Å². The van der Waals surface area contributed by atoms with Gasteiger partial charge in [0.05, 0.1) is 11.0 Å². The second-order valence-corrected chi connectivity index (χ2v) is 6.19. The second-order valence-electron chi connectivity index (χ2n) is 6.19. The maximum Gasteiger partial charge on any atom is 0.235 e. The van der Waals surface area contributed by atoms with Gasteiger partial charge in [0, 0.05) is 17.2 Å². The predicted molar refractivity (Wildman–Crippen MR) is 95.8 cm³/mol. The fourth-order valence-corrected chi connectivity index (χ4v) is 3.51. The van der Waals surface area contributed by atoms with Gasteiger partial charge < -0.3 is 0 Å². The third-order valence-corrected chi connectivity index (χ3v) is 4.69. The highest BCUT2D eigenvalue weighted by atomic mass is 16.2. The van der Waals surface area contributed by atoms with Crippen molar-refractivity contribution < 1.29 is 4.79 Å². The lowest BCUT2D eigenvalue weighted by atomic mass is 10.1. The average Bonchev–Trinajstić information content (AvgIpc) is 3.21. The number of para-hydroxylation sites is 2. The van der Waals surface area contributed by atoms with Crippen molar-refractivity contribution in [3.8, 4) is 0 Å². The van der Waals surface area contributed by atoms with Crippen LogP contribution in [-0.4, -0.2) is 10.5 Å². The summed E-state index contributed by atoms with van der Waals surface area (Å²) in [6.45, 7) is 2.08. The first-order chi connectivity index (χ1) is 11.3. The molecule has 2 heteroatoms. The van der Waals surface area contributed by atoms with Crippen LogP contribution in [0.4, 0.5) is 0 Å². The molecule has 4 rings (SSSR count). The van der Waals surface area contributed by atoms with E-state index < -0.39 is 0 Å². The molecule has 1 heterocycles. The maximum atomic E-state index is 13.0. The Kier molecular flexibility index (Phi) is 3.38. The Morgan fingerprint density at radius 3 is 2.17 bits per heavy atom. The monoisotopic (exact) mass is 301 g/mol. The van der Waals surface area contributed by atoms with Gasteiger partial charge in [0.1, 0.15) is 0 Å². The van der Waals surface area contributed by atoms with E-state index in [9.17, 15) is 4.79 Å². The number of aromatic nitrogens is 1. The maximum absolute atomic E-state index is 13.0. The van der Waals surface area contributed by atoms with Gasteiger partial charge >= 0.3 is 0 Å². The van der Waals surface area contributed by atoms with Crippen LogP contribution in [0.2, 0.25) is 0 Å². The standard InChI is InChI=1S/C21H19NO/c1-15(16-8-2-3-9-16)14-21(23)22-19-12-6-4-10-17(19)18-11-5-7-13-20(18)22/h2,4-8,10-13H,3,9,14H2,1H3/b16-15+. The molecule has 0 saturated carbocycles. The molecule has 2 aromatic carbocycles. The first-order valence-corrected chi connectivity index (χ1v) is 8.12. The number of carbonyl (C=O) groups is 1. The first-order valence-electron chi connectivity index (χ1n) is 8.12. The number of hydrogen-bond donors (Lipinski definition) is 0. The van der Waals surface area contributed by atoms with Gasteiger partial charge in [-0.15, -0.1) is 0 Å². The van der Waals surface area contributed by atoms with E-state index in [-0.39, 0.29) is 5.91 Å². The van der Waals surface area contributed by atoms with Crippen LogP contribution in [-0.2, 0) is 0 Å². The molecule has 1 aliphatic rings. The lowest BCUT2D eigenvalue weighted by Crippen LogP contribution is -2.11. The van der Waals surface area contributed by atoms with Crippen molar-refractivity contribution in [2.24, 2.45) is 0 Å². The number of hydrogen-bond acceptors (Lipinski definition) is 1. The van der Waals surface area contributed by atoms with Crippen LogP contribution < -0.4 is 0 Å². The number of nitrogens with zero attached hydrogens (tertiary/aromatic N) is 1. The van der Waals surface area contributed by atoms with Crippen LogP contribution in [0.25, 0.3) is 21.8 Å². The third kappa shape index (κ3) is 2.31. The summed E-state index contributed by atoms with van der Waals surface area (Å²) in [7, 11) is 0. The van der Waals surface area contributed by atoms with E-state index in [2.05, 4.69) is 31.2 Å². The van der Waals surface area contributed by atoms with Crippen molar-refractivity contribution in [2.75, 3.05) is 0 Å². The number of carbonyl (C=O) groups excluding carboxylic acids is 1. The Labute approximate surface area is 135 Å². The van der Waals surface area contributed by atoms with Gasteiger partial charge in [0.2, 0.25) is 5.91 Å². The van der Waals surface area contributed by atoms with Crippen LogP contribution in [0.15, 0.2) is 71.8 Å². The normalized spacial score (nSPS) is 16.4. The van der Waals surface area contributed by atoms with Crippen molar-refractivity contribution in [1.29, 1.82) is 0 Å². The largest absolute Gasteiger partial charge is 0.280 e. The van der Waals surface area contributed by atoms with E-state index >= 15 is 0 Å². The van der Waals surface area contributed by atoms with Crippen LogP contribution in [0, 0.1) is 0 Å². The first kappa shape index (κ1) is 14.0. The van der Waals surface area contributed by atoms with Gasteiger partial charge in [0.15, 0.2) is 0 Å². The molecule has 1 aliphatic carbocycles. The number of benzene rings is 2. The van der Waals surface area contributed by atoms with Crippen molar-refractivity contribution >= 4 is 27.7 Å². The second kappa shape index (κ2) is 5.54. The van der Waals surface area contributed by atoms with Crippen molar-refractivity contribution in [1.82, 2.24) is 4.57 Å². The summed E-state index contributed by atoms with van der Waals surface area (Å²) in [6.07, 6.45) is 6.98. The Bertz CT molecular complexity index is 919. The minimum Gasteiger partial charge on any atom is -0.280 e. The summed E-state index contributed by atoms with van der Waals surface area (Å²) in [5, 5.41) is 2.28. The van der Waals surface area contributed by atoms with Gasteiger partial charge in [-0.1, -0.05) is 54.1 Å². The van der Waals surface area contributed by atoms with Crippen LogP contribution in [0.5, 0.6) is 0 Å². The summed E-state index contributed by atoms with van der Waals surface area (Å²) in [5.74, 6) is 0.146. The minimum atomic E-state index is 0.146. The molecule has 0 saturated heterocycles. The number of rotatable bonds is 2. The highest BCUT2D eigenvalue weighted by molar-refractivity contribution is 6.13. The van der Waals surface area contributed by atoms with E-state index in [0.717, 1.165) is 34.6 Å². The Hall–Kier alpha value is -2.61. The molecule has 0 unspecified atom stereocenters. The van der Waals surface area contributed by atoms with Crippen molar-refractivity contribution in [3.63, 3.8) is 0 Å². The van der Waals surface area contributed by atoms with E-state index in [1.54, 1.807) is 0 Å². The Balaban J connectivity index is 1.85. The Morgan fingerprint density at radius 2 is 1.61 bits per heavy atom. The molecule has 0 atom stereocenters. The zero-order valence-corrected chi connectivity index (χ0v) is 13.3. The molecule has 23 heavy (non-hydrogen) atoms. The topological polar surface area (TPSA) is 22.0 Å². The van der Waals surface area contributed by atoms with E-state index in [1.165, 1.54) is 11.1 Å².